The van der Waals surface area contributed by atoms with Gasteiger partial charge in [0, 0.05) is 23.6 Å². The number of unbranched alkanes of at least 4 members (excludes halogenated alkanes) is 1. The molecule has 0 saturated carbocycles. The number of carboxylic acid groups (broad SMARTS) is 1. The summed E-state index contributed by atoms with van der Waals surface area (Å²) >= 11 is 0. The quantitative estimate of drug-likeness (QED) is 0.875. The summed E-state index contributed by atoms with van der Waals surface area (Å²) in [5.74, 6) is -0.868. The van der Waals surface area contributed by atoms with Crippen molar-refractivity contribution >= 4 is 16.9 Å². The second kappa shape index (κ2) is 4.62. The van der Waals surface area contributed by atoms with Crippen LogP contribution in [0.2, 0.25) is 0 Å². The van der Waals surface area contributed by atoms with Gasteiger partial charge in [-0.15, -0.1) is 0 Å². The average molecular weight is 231 g/mol. The first-order valence-electron chi connectivity index (χ1n) is 5.96. The van der Waals surface area contributed by atoms with E-state index < -0.39 is 5.97 Å². The molecule has 0 aliphatic carbocycles. The highest BCUT2D eigenvalue weighted by atomic mass is 16.4. The van der Waals surface area contributed by atoms with Crippen LogP contribution in [0.25, 0.3) is 10.9 Å². The summed E-state index contributed by atoms with van der Waals surface area (Å²) in [6.07, 6.45) is 4.40. The zero-order chi connectivity index (χ0) is 12.4. The van der Waals surface area contributed by atoms with Crippen LogP contribution in [-0.4, -0.2) is 15.6 Å². The number of carbonyl (C=O) groups is 1. The fraction of sp³-hybridized carbons (Fsp3) is 0.357. The van der Waals surface area contributed by atoms with Crippen molar-refractivity contribution in [2.24, 2.45) is 0 Å². The van der Waals surface area contributed by atoms with E-state index in [1.807, 2.05) is 13.0 Å². The number of nitrogens with zero attached hydrogens (tertiary/aromatic N) is 1. The molecule has 17 heavy (non-hydrogen) atoms. The fourth-order valence-electron chi connectivity index (χ4n) is 2.12. The standard InChI is InChI=1S/C14H17NO2/c1-3-4-7-15-9-10(2)12-8-11(14(16)17)5-6-13(12)15/h5-6,8-9H,3-4,7H2,1-2H3,(H,16,17). The molecule has 1 aromatic carbocycles. The minimum atomic E-state index is -0.868. The summed E-state index contributed by atoms with van der Waals surface area (Å²) in [5.41, 5.74) is 2.62. The SMILES string of the molecule is CCCCn1cc(C)c2cc(C(=O)O)ccc21. The number of hydrogen-bond donors (Lipinski definition) is 1. The summed E-state index contributed by atoms with van der Waals surface area (Å²) < 4.78 is 2.21. The van der Waals surface area contributed by atoms with Crippen molar-refractivity contribution in [3.63, 3.8) is 0 Å². The molecule has 2 aromatic rings. The summed E-state index contributed by atoms with van der Waals surface area (Å²) in [5, 5.41) is 10.0. The maximum Gasteiger partial charge on any atom is 0.335 e. The van der Waals surface area contributed by atoms with Crippen molar-refractivity contribution in [3.05, 3.63) is 35.5 Å². The number of benzene rings is 1. The highest BCUT2D eigenvalue weighted by molar-refractivity contribution is 5.94. The van der Waals surface area contributed by atoms with Gasteiger partial charge in [-0.2, -0.15) is 0 Å². The third-order valence-electron chi connectivity index (χ3n) is 3.08. The van der Waals surface area contributed by atoms with E-state index in [0.717, 1.165) is 35.9 Å². The topological polar surface area (TPSA) is 42.2 Å². The van der Waals surface area contributed by atoms with Crippen LogP contribution < -0.4 is 0 Å². The van der Waals surface area contributed by atoms with Crippen molar-refractivity contribution in [3.8, 4) is 0 Å². The molecule has 0 amide bonds. The highest BCUT2D eigenvalue weighted by Gasteiger charge is 2.09. The molecule has 0 bridgehead atoms. The summed E-state index contributed by atoms with van der Waals surface area (Å²) in [6, 6.07) is 5.34. The van der Waals surface area contributed by atoms with Crippen molar-refractivity contribution < 1.29 is 9.90 Å². The predicted molar refractivity (Wildman–Crippen MR) is 68.5 cm³/mol. The Labute approximate surface area is 101 Å². The number of aromatic nitrogens is 1. The lowest BCUT2D eigenvalue weighted by atomic mass is 10.1. The summed E-state index contributed by atoms with van der Waals surface area (Å²) in [7, 11) is 0. The number of aryl methyl sites for hydroxylation is 2. The van der Waals surface area contributed by atoms with Gasteiger partial charge in [-0.05, 0) is 37.1 Å². The third kappa shape index (κ3) is 2.18. The van der Waals surface area contributed by atoms with Gasteiger partial charge in [0.2, 0.25) is 0 Å². The van der Waals surface area contributed by atoms with Gasteiger partial charge in [-0.3, -0.25) is 0 Å². The van der Waals surface area contributed by atoms with Crippen molar-refractivity contribution in [1.29, 1.82) is 0 Å². The molecular weight excluding hydrogens is 214 g/mol. The normalized spacial score (nSPS) is 10.9. The van der Waals surface area contributed by atoms with Crippen LogP contribution in [0.15, 0.2) is 24.4 Å². The third-order valence-corrected chi connectivity index (χ3v) is 3.08. The fourth-order valence-corrected chi connectivity index (χ4v) is 2.12. The Morgan fingerprint density at radius 3 is 2.82 bits per heavy atom. The number of fused-ring (bicyclic) bond motifs is 1. The van der Waals surface area contributed by atoms with E-state index in [1.165, 1.54) is 0 Å². The van der Waals surface area contributed by atoms with E-state index in [-0.39, 0.29) is 0 Å². The zero-order valence-corrected chi connectivity index (χ0v) is 10.2. The van der Waals surface area contributed by atoms with Crippen LogP contribution in [0.5, 0.6) is 0 Å². The monoisotopic (exact) mass is 231 g/mol. The van der Waals surface area contributed by atoms with Gasteiger partial charge in [0.05, 0.1) is 5.56 Å². The lowest BCUT2D eigenvalue weighted by molar-refractivity contribution is 0.0697. The number of aromatic carboxylic acids is 1. The van der Waals surface area contributed by atoms with Crippen LogP contribution in [0.4, 0.5) is 0 Å². The van der Waals surface area contributed by atoms with Crippen LogP contribution in [0, 0.1) is 6.92 Å². The second-order valence-corrected chi connectivity index (χ2v) is 4.40. The maximum atomic E-state index is 10.9. The van der Waals surface area contributed by atoms with E-state index in [4.69, 9.17) is 5.11 Å². The average Bonchev–Trinajstić information content (AvgIpc) is 2.63. The van der Waals surface area contributed by atoms with E-state index in [0.29, 0.717) is 5.56 Å². The first-order valence-corrected chi connectivity index (χ1v) is 5.96. The Bertz CT molecular complexity index is 555. The molecule has 90 valence electrons. The second-order valence-electron chi connectivity index (χ2n) is 4.40. The Kier molecular flexibility index (Phi) is 3.18. The lowest BCUT2D eigenvalue weighted by Gasteiger charge is -2.04. The van der Waals surface area contributed by atoms with E-state index in [1.54, 1.807) is 12.1 Å². The van der Waals surface area contributed by atoms with Crippen LogP contribution in [0.1, 0.15) is 35.7 Å². The van der Waals surface area contributed by atoms with Gasteiger partial charge < -0.3 is 9.67 Å². The summed E-state index contributed by atoms with van der Waals surface area (Å²) in [6.45, 7) is 5.19. The molecule has 0 radical (unpaired) electrons. The Morgan fingerprint density at radius 2 is 2.18 bits per heavy atom. The minimum Gasteiger partial charge on any atom is -0.478 e. The number of carboxylic acids is 1. The first kappa shape index (κ1) is 11.7. The predicted octanol–water partition coefficient (Wildman–Crippen LogP) is 3.45. The van der Waals surface area contributed by atoms with E-state index >= 15 is 0 Å². The zero-order valence-electron chi connectivity index (χ0n) is 10.2. The smallest absolute Gasteiger partial charge is 0.335 e. The minimum absolute atomic E-state index is 0.355. The molecule has 0 saturated heterocycles. The van der Waals surface area contributed by atoms with Gasteiger partial charge in [0.15, 0.2) is 0 Å². The number of hydrogen-bond acceptors (Lipinski definition) is 1. The van der Waals surface area contributed by atoms with Gasteiger partial charge in [-0.1, -0.05) is 13.3 Å². The maximum absolute atomic E-state index is 10.9. The first-order chi connectivity index (χ1) is 8.13. The summed E-state index contributed by atoms with van der Waals surface area (Å²) in [4.78, 5) is 10.9. The van der Waals surface area contributed by atoms with E-state index in [9.17, 15) is 4.79 Å². The van der Waals surface area contributed by atoms with Crippen molar-refractivity contribution in [2.75, 3.05) is 0 Å². The van der Waals surface area contributed by atoms with Crippen LogP contribution in [0.3, 0.4) is 0 Å². The van der Waals surface area contributed by atoms with Crippen LogP contribution >= 0.6 is 0 Å². The van der Waals surface area contributed by atoms with E-state index in [2.05, 4.69) is 17.7 Å². The molecule has 1 N–H and O–H groups in total. The molecule has 3 heteroatoms. The van der Waals surface area contributed by atoms with Crippen molar-refractivity contribution in [2.45, 2.75) is 33.2 Å². The molecule has 1 heterocycles. The molecule has 0 unspecified atom stereocenters. The molecule has 0 aliphatic heterocycles. The molecule has 0 spiro atoms. The Morgan fingerprint density at radius 1 is 1.41 bits per heavy atom. The number of rotatable bonds is 4. The Balaban J connectivity index is 2.49. The van der Waals surface area contributed by atoms with Gasteiger partial charge >= 0.3 is 5.97 Å². The van der Waals surface area contributed by atoms with Gasteiger partial charge in [-0.25, -0.2) is 4.79 Å². The van der Waals surface area contributed by atoms with Gasteiger partial charge in [0.25, 0.3) is 0 Å². The largest absolute Gasteiger partial charge is 0.478 e. The van der Waals surface area contributed by atoms with Gasteiger partial charge in [0.1, 0.15) is 0 Å². The molecule has 0 atom stereocenters. The van der Waals surface area contributed by atoms with Crippen LogP contribution in [-0.2, 0) is 6.54 Å². The molecule has 0 fully saturated rings. The molecule has 0 aliphatic rings. The highest BCUT2D eigenvalue weighted by Crippen LogP contribution is 2.22. The molecular formula is C14H17NO2. The molecule has 1 aromatic heterocycles. The van der Waals surface area contributed by atoms with Crippen molar-refractivity contribution in [1.82, 2.24) is 4.57 Å². The molecule has 2 rings (SSSR count). The molecule has 3 nitrogen and oxygen atoms in total. The Hall–Kier alpha value is -1.77. The lowest BCUT2D eigenvalue weighted by Crippen LogP contribution is -1.97.